The van der Waals surface area contributed by atoms with Crippen molar-refractivity contribution in [2.24, 2.45) is 4.99 Å². The topological polar surface area (TPSA) is 59.0 Å². The van der Waals surface area contributed by atoms with Gasteiger partial charge < -0.3 is 9.64 Å². The predicted molar refractivity (Wildman–Crippen MR) is 92.7 cm³/mol. The van der Waals surface area contributed by atoms with E-state index in [0.29, 0.717) is 22.9 Å². The second-order valence-electron chi connectivity index (χ2n) is 5.04. The van der Waals surface area contributed by atoms with Gasteiger partial charge in [0, 0.05) is 12.2 Å². The Kier molecular flexibility index (Phi) is 5.98. The third kappa shape index (κ3) is 4.01. The van der Waals surface area contributed by atoms with Gasteiger partial charge in [-0.1, -0.05) is 36.9 Å². The van der Waals surface area contributed by atoms with Crippen LogP contribution in [0.25, 0.3) is 0 Å². The van der Waals surface area contributed by atoms with Crippen LogP contribution in [-0.2, 0) is 14.3 Å². The van der Waals surface area contributed by atoms with E-state index in [0.717, 1.165) is 12.1 Å². The number of hydrogen-bond donors (Lipinski definition) is 0. The molecular weight excluding hydrogens is 312 g/mol. The number of para-hydroxylation sites is 1. The molecule has 0 radical (unpaired) electrons. The molecular formula is C17H20N2O3S. The van der Waals surface area contributed by atoms with Crippen molar-refractivity contribution in [1.82, 2.24) is 4.90 Å². The van der Waals surface area contributed by atoms with Gasteiger partial charge in [-0.2, -0.15) is 0 Å². The molecule has 0 atom stereocenters. The third-order valence-electron chi connectivity index (χ3n) is 3.44. The molecule has 6 heteroatoms. The molecule has 5 nitrogen and oxygen atoms in total. The SMILES string of the molecule is CCCN1C(=O)CSC(=Nc2ccccc2)C(C(=O)OC)=C1C. The monoisotopic (exact) mass is 332 g/mol. The second kappa shape index (κ2) is 7.97. The highest BCUT2D eigenvalue weighted by molar-refractivity contribution is 8.15. The van der Waals surface area contributed by atoms with Crippen LogP contribution in [-0.4, -0.2) is 41.2 Å². The smallest absolute Gasteiger partial charge is 0.342 e. The van der Waals surface area contributed by atoms with E-state index in [9.17, 15) is 9.59 Å². The molecule has 0 fully saturated rings. The number of hydrogen-bond acceptors (Lipinski definition) is 5. The number of aliphatic imine (C=N–C) groups is 1. The number of carbonyl (C=O) groups excluding carboxylic acids is 2. The van der Waals surface area contributed by atoms with Crippen molar-refractivity contribution in [3.05, 3.63) is 41.6 Å². The summed E-state index contributed by atoms with van der Waals surface area (Å²) in [5.74, 6) is -0.238. The van der Waals surface area contributed by atoms with Crippen LogP contribution in [0.5, 0.6) is 0 Å². The Bertz CT molecular complexity index is 653. The van der Waals surface area contributed by atoms with Crippen LogP contribution >= 0.6 is 11.8 Å². The van der Waals surface area contributed by atoms with Crippen molar-refractivity contribution < 1.29 is 14.3 Å². The number of carbonyl (C=O) groups is 2. The lowest BCUT2D eigenvalue weighted by atomic mass is 10.2. The van der Waals surface area contributed by atoms with Gasteiger partial charge in [0.25, 0.3) is 0 Å². The average molecular weight is 332 g/mol. The normalized spacial score (nSPS) is 17.4. The molecule has 0 saturated carbocycles. The maximum absolute atomic E-state index is 12.3. The quantitative estimate of drug-likeness (QED) is 0.795. The van der Waals surface area contributed by atoms with Crippen LogP contribution in [0.2, 0.25) is 0 Å². The summed E-state index contributed by atoms with van der Waals surface area (Å²) in [6.45, 7) is 4.34. The standard InChI is InChI=1S/C17H20N2O3S/c1-4-10-19-12(2)15(17(21)22-3)16(23-11-14(19)20)18-13-8-6-5-7-9-13/h5-9H,4,10-11H2,1-3H3. The van der Waals surface area contributed by atoms with Crippen molar-refractivity contribution in [3.63, 3.8) is 0 Å². The summed E-state index contributed by atoms with van der Waals surface area (Å²) in [5.41, 5.74) is 1.70. The van der Waals surface area contributed by atoms with Crippen LogP contribution in [0.15, 0.2) is 46.6 Å². The van der Waals surface area contributed by atoms with Crippen molar-refractivity contribution in [2.45, 2.75) is 20.3 Å². The molecule has 0 aliphatic carbocycles. The molecule has 0 unspecified atom stereocenters. The van der Waals surface area contributed by atoms with Crippen LogP contribution in [0.1, 0.15) is 20.3 Å². The fraction of sp³-hybridized carbons (Fsp3) is 0.353. The van der Waals surface area contributed by atoms with Crippen LogP contribution in [0.4, 0.5) is 5.69 Å². The van der Waals surface area contributed by atoms with E-state index in [1.807, 2.05) is 37.3 Å². The van der Waals surface area contributed by atoms with Crippen LogP contribution < -0.4 is 0 Å². The predicted octanol–water partition coefficient (Wildman–Crippen LogP) is 3.15. The highest BCUT2D eigenvalue weighted by Crippen LogP contribution is 2.28. The van der Waals surface area contributed by atoms with E-state index in [1.165, 1.54) is 18.9 Å². The molecule has 0 saturated heterocycles. The number of ether oxygens (including phenoxy) is 1. The lowest BCUT2D eigenvalue weighted by Crippen LogP contribution is -2.31. The number of esters is 1. The van der Waals surface area contributed by atoms with Crippen LogP contribution in [0, 0.1) is 0 Å². The fourth-order valence-electron chi connectivity index (χ4n) is 2.32. The van der Waals surface area contributed by atoms with E-state index < -0.39 is 5.97 Å². The lowest BCUT2D eigenvalue weighted by molar-refractivity contribution is -0.135. The molecule has 1 aromatic carbocycles. The van der Waals surface area contributed by atoms with Gasteiger partial charge in [-0.25, -0.2) is 9.79 Å². The van der Waals surface area contributed by atoms with Gasteiger partial charge in [-0.15, -0.1) is 0 Å². The molecule has 0 aromatic heterocycles. The maximum Gasteiger partial charge on any atom is 0.342 e. The molecule has 1 aliphatic rings. The number of methoxy groups -OCH3 is 1. The van der Waals surface area contributed by atoms with Crippen LogP contribution in [0.3, 0.4) is 0 Å². The average Bonchev–Trinajstić information content (AvgIpc) is 2.67. The Balaban J connectivity index is 2.54. The van der Waals surface area contributed by atoms with Gasteiger partial charge in [-0.3, -0.25) is 4.79 Å². The zero-order chi connectivity index (χ0) is 16.8. The summed E-state index contributed by atoms with van der Waals surface area (Å²) >= 11 is 1.27. The molecule has 23 heavy (non-hydrogen) atoms. The van der Waals surface area contributed by atoms with E-state index in [1.54, 1.807) is 11.8 Å². The van der Waals surface area contributed by atoms with Gasteiger partial charge in [0.05, 0.1) is 18.6 Å². The first-order valence-corrected chi connectivity index (χ1v) is 8.43. The first-order chi connectivity index (χ1) is 11.1. The lowest BCUT2D eigenvalue weighted by Gasteiger charge is -2.22. The third-order valence-corrected chi connectivity index (χ3v) is 4.40. The second-order valence-corrected chi connectivity index (χ2v) is 6.00. The number of amides is 1. The van der Waals surface area contributed by atoms with E-state index in [2.05, 4.69) is 4.99 Å². The molecule has 1 heterocycles. The Morgan fingerprint density at radius 2 is 2.04 bits per heavy atom. The molecule has 2 rings (SSSR count). The van der Waals surface area contributed by atoms with E-state index >= 15 is 0 Å². The van der Waals surface area contributed by atoms with Gasteiger partial charge in [0.1, 0.15) is 10.6 Å². The summed E-state index contributed by atoms with van der Waals surface area (Å²) < 4.78 is 4.92. The highest BCUT2D eigenvalue weighted by atomic mass is 32.2. The number of allylic oxidation sites excluding steroid dienone is 1. The highest BCUT2D eigenvalue weighted by Gasteiger charge is 2.30. The molecule has 1 aliphatic heterocycles. The van der Waals surface area contributed by atoms with Crippen molar-refractivity contribution in [2.75, 3.05) is 19.4 Å². The summed E-state index contributed by atoms with van der Waals surface area (Å²) in [5, 5.41) is 0.521. The molecule has 1 aromatic rings. The van der Waals surface area contributed by atoms with Crippen molar-refractivity contribution >= 4 is 34.4 Å². The summed E-state index contributed by atoms with van der Waals surface area (Å²) in [6, 6.07) is 9.37. The van der Waals surface area contributed by atoms with Gasteiger partial charge in [0.15, 0.2) is 0 Å². The molecule has 0 bridgehead atoms. The Hall–Kier alpha value is -2.08. The number of rotatable bonds is 4. The molecule has 1 amide bonds. The fourth-order valence-corrected chi connectivity index (χ4v) is 3.28. The van der Waals surface area contributed by atoms with Gasteiger partial charge in [-0.05, 0) is 25.5 Å². The van der Waals surface area contributed by atoms with E-state index in [-0.39, 0.29) is 11.7 Å². The number of benzene rings is 1. The zero-order valence-electron chi connectivity index (χ0n) is 13.5. The molecule has 122 valence electrons. The number of thioether (sulfide) groups is 1. The van der Waals surface area contributed by atoms with Gasteiger partial charge >= 0.3 is 5.97 Å². The number of nitrogens with zero attached hydrogens (tertiary/aromatic N) is 2. The Morgan fingerprint density at radius 1 is 1.35 bits per heavy atom. The van der Waals surface area contributed by atoms with Gasteiger partial charge in [0.2, 0.25) is 5.91 Å². The Labute approximate surface area is 140 Å². The first-order valence-electron chi connectivity index (χ1n) is 7.45. The summed E-state index contributed by atoms with van der Waals surface area (Å²) in [7, 11) is 1.34. The molecule has 0 N–H and O–H groups in total. The maximum atomic E-state index is 12.3. The van der Waals surface area contributed by atoms with Crippen molar-refractivity contribution in [1.29, 1.82) is 0 Å². The molecule has 0 spiro atoms. The van der Waals surface area contributed by atoms with E-state index in [4.69, 9.17) is 4.74 Å². The minimum absolute atomic E-state index is 0.0194. The minimum Gasteiger partial charge on any atom is -0.465 e. The summed E-state index contributed by atoms with van der Waals surface area (Å²) in [4.78, 5) is 30.8. The summed E-state index contributed by atoms with van der Waals surface area (Å²) in [6.07, 6.45) is 0.813. The zero-order valence-corrected chi connectivity index (χ0v) is 14.4. The minimum atomic E-state index is -0.472. The first kappa shape index (κ1) is 17.3. The van der Waals surface area contributed by atoms with Crippen molar-refractivity contribution in [3.8, 4) is 0 Å². The Morgan fingerprint density at radius 3 is 2.65 bits per heavy atom. The largest absolute Gasteiger partial charge is 0.465 e.